The SMILES string of the molecule is Cl.Fc1cc([C@@H](c2ccco2)N2CCNCC2)ccc1OC(F)(F)F. The zero-order valence-electron chi connectivity index (χ0n) is 13.1. The second kappa shape index (κ2) is 8.07. The lowest BCUT2D eigenvalue weighted by Gasteiger charge is -2.34. The number of nitrogens with one attached hydrogen (secondary N) is 1. The molecule has 1 aromatic carbocycles. The summed E-state index contributed by atoms with van der Waals surface area (Å²) in [6.07, 6.45) is -3.41. The average molecular weight is 381 g/mol. The predicted molar refractivity (Wildman–Crippen MR) is 85.3 cm³/mol. The van der Waals surface area contributed by atoms with E-state index in [4.69, 9.17) is 4.42 Å². The maximum Gasteiger partial charge on any atom is 0.573 e. The first-order chi connectivity index (χ1) is 11.4. The molecule has 0 aliphatic carbocycles. The van der Waals surface area contributed by atoms with Gasteiger partial charge in [0, 0.05) is 26.2 Å². The fourth-order valence-electron chi connectivity index (χ4n) is 2.84. The number of piperazine rings is 1. The van der Waals surface area contributed by atoms with Crippen molar-refractivity contribution in [3.05, 3.63) is 53.7 Å². The van der Waals surface area contributed by atoms with Crippen molar-refractivity contribution in [2.24, 2.45) is 0 Å². The lowest BCUT2D eigenvalue weighted by Crippen LogP contribution is -2.45. The van der Waals surface area contributed by atoms with E-state index >= 15 is 0 Å². The largest absolute Gasteiger partial charge is 0.573 e. The van der Waals surface area contributed by atoms with E-state index in [1.807, 2.05) is 0 Å². The fraction of sp³-hybridized carbons (Fsp3) is 0.375. The molecule has 0 bridgehead atoms. The lowest BCUT2D eigenvalue weighted by molar-refractivity contribution is -0.275. The summed E-state index contributed by atoms with van der Waals surface area (Å²) in [5.41, 5.74) is 0.513. The van der Waals surface area contributed by atoms with E-state index < -0.39 is 17.9 Å². The summed E-state index contributed by atoms with van der Waals surface area (Å²) in [5, 5.41) is 3.22. The molecule has 1 saturated heterocycles. The molecule has 0 unspecified atom stereocenters. The maximum absolute atomic E-state index is 14.1. The number of rotatable bonds is 4. The molecule has 2 aromatic rings. The van der Waals surface area contributed by atoms with Crippen LogP contribution in [0, 0.1) is 5.82 Å². The van der Waals surface area contributed by atoms with E-state index in [-0.39, 0.29) is 18.4 Å². The van der Waals surface area contributed by atoms with Crippen molar-refractivity contribution < 1.29 is 26.7 Å². The molecule has 1 N–H and O–H groups in total. The molecule has 1 aromatic heterocycles. The molecule has 1 fully saturated rings. The van der Waals surface area contributed by atoms with Crippen molar-refractivity contribution >= 4 is 12.4 Å². The number of nitrogens with zero attached hydrogens (tertiary/aromatic N) is 1. The predicted octanol–water partition coefficient (Wildman–Crippen LogP) is 3.73. The monoisotopic (exact) mass is 380 g/mol. The molecule has 138 valence electrons. The van der Waals surface area contributed by atoms with Crippen LogP contribution in [0.25, 0.3) is 0 Å². The zero-order valence-corrected chi connectivity index (χ0v) is 13.9. The summed E-state index contributed by atoms with van der Waals surface area (Å²) in [7, 11) is 0. The standard InChI is InChI=1S/C16H16F4N2O2.ClH/c17-12-10-11(3-4-13(12)24-16(18,19)20)15(14-2-1-9-23-14)22-7-5-21-6-8-22;/h1-4,9-10,15,21H,5-8H2;1H/t15-;/m0./s1. The highest BCUT2D eigenvalue weighted by atomic mass is 35.5. The van der Waals surface area contributed by atoms with Gasteiger partial charge < -0.3 is 14.5 Å². The Kier molecular flexibility index (Phi) is 6.31. The highest BCUT2D eigenvalue weighted by molar-refractivity contribution is 5.85. The van der Waals surface area contributed by atoms with Crippen LogP contribution in [0.2, 0.25) is 0 Å². The van der Waals surface area contributed by atoms with Crippen LogP contribution in [0.15, 0.2) is 41.0 Å². The summed E-state index contributed by atoms with van der Waals surface area (Å²) in [6, 6.07) is 6.62. The van der Waals surface area contributed by atoms with Crippen molar-refractivity contribution in [2.75, 3.05) is 26.2 Å². The molecule has 2 heterocycles. The van der Waals surface area contributed by atoms with Crippen molar-refractivity contribution in [3.8, 4) is 5.75 Å². The molecule has 3 rings (SSSR count). The van der Waals surface area contributed by atoms with Gasteiger partial charge in [-0.3, -0.25) is 4.90 Å². The lowest BCUT2D eigenvalue weighted by atomic mass is 10.0. The van der Waals surface area contributed by atoms with Crippen molar-refractivity contribution in [1.29, 1.82) is 0 Å². The van der Waals surface area contributed by atoms with Crippen LogP contribution >= 0.6 is 12.4 Å². The first kappa shape index (κ1) is 19.6. The number of hydrogen-bond donors (Lipinski definition) is 1. The van der Waals surface area contributed by atoms with Crippen LogP contribution in [0.1, 0.15) is 17.4 Å². The van der Waals surface area contributed by atoms with Gasteiger partial charge in [0.2, 0.25) is 0 Å². The van der Waals surface area contributed by atoms with Crippen LogP contribution < -0.4 is 10.1 Å². The quantitative estimate of drug-likeness (QED) is 0.820. The Balaban J connectivity index is 0.00000225. The van der Waals surface area contributed by atoms with E-state index in [0.717, 1.165) is 25.2 Å². The minimum absolute atomic E-state index is 0. The van der Waals surface area contributed by atoms with Gasteiger partial charge in [0.25, 0.3) is 0 Å². The van der Waals surface area contributed by atoms with E-state index in [2.05, 4.69) is 15.0 Å². The molecular weight excluding hydrogens is 364 g/mol. The van der Waals surface area contributed by atoms with Gasteiger partial charge in [-0.05, 0) is 29.8 Å². The second-order valence-electron chi connectivity index (χ2n) is 5.44. The van der Waals surface area contributed by atoms with Crippen molar-refractivity contribution in [3.63, 3.8) is 0 Å². The molecule has 4 nitrogen and oxygen atoms in total. The molecule has 0 amide bonds. The minimum atomic E-state index is -4.93. The third-order valence-electron chi connectivity index (χ3n) is 3.83. The van der Waals surface area contributed by atoms with Crippen LogP contribution in [0.5, 0.6) is 5.75 Å². The zero-order chi connectivity index (χ0) is 17.2. The minimum Gasteiger partial charge on any atom is -0.467 e. The third-order valence-corrected chi connectivity index (χ3v) is 3.83. The number of hydrogen-bond acceptors (Lipinski definition) is 4. The van der Waals surface area contributed by atoms with E-state index in [9.17, 15) is 17.6 Å². The average Bonchev–Trinajstić information content (AvgIpc) is 3.04. The molecule has 25 heavy (non-hydrogen) atoms. The smallest absolute Gasteiger partial charge is 0.467 e. The molecule has 1 atom stereocenters. The highest BCUT2D eigenvalue weighted by Crippen LogP contribution is 2.33. The van der Waals surface area contributed by atoms with Crippen LogP contribution in [0.3, 0.4) is 0 Å². The number of alkyl halides is 3. The van der Waals surface area contributed by atoms with Gasteiger partial charge in [-0.25, -0.2) is 4.39 Å². The van der Waals surface area contributed by atoms with Gasteiger partial charge in [-0.1, -0.05) is 6.07 Å². The molecule has 1 aliphatic rings. The molecule has 0 saturated carbocycles. The van der Waals surface area contributed by atoms with Gasteiger partial charge in [-0.15, -0.1) is 25.6 Å². The van der Waals surface area contributed by atoms with Gasteiger partial charge in [0.1, 0.15) is 5.76 Å². The summed E-state index contributed by atoms with van der Waals surface area (Å²) >= 11 is 0. The topological polar surface area (TPSA) is 37.6 Å². The van der Waals surface area contributed by atoms with Crippen LogP contribution in [-0.2, 0) is 0 Å². The van der Waals surface area contributed by atoms with Gasteiger partial charge in [0.15, 0.2) is 11.6 Å². The molecule has 0 spiro atoms. The van der Waals surface area contributed by atoms with Crippen molar-refractivity contribution in [2.45, 2.75) is 12.4 Å². The summed E-state index contributed by atoms with van der Waals surface area (Å²) in [4.78, 5) is 2.09. The van der Waals surface area contributed by atoms with Gasteiger partial charge >= 0.3 is 6.36 Å². The Morgan fingerprint density at radius 2 is 1.88 bits per heavy atom. The Bertz CT molecular complexity index is 673. The Hall–Kier alpha value is -1.77. The second-order valence-corrected chi connectivity index (χ2v) is 5.44. The molecule has 1 aliphatic heterocycles. The van der Waals surface area contributed by atoms with Crippen LogP contribution in [0.4, 0.5) is 17.6 Å². The Morgan fingerprint density at radius 3 is 2.44 bits per heavy atom. The van der Waals surface area contributed by atoms with E-state index in [1.54, 1.807) is 12.1 Å². The van der Waals surface area contributed by atoms with Gasteiger partial charge in [-0.2, -0.15) is 0 Å². The number of benzene rings is 1. The van der Waals surface area contributed by atoms with E-state index in [1.165, 1.54) is 12.3 Å². The third kappa shape index (κ3) is 4.87. The Labute approximate surface area is 148 Å². The fourth-order valence-corrected chi connectivity index (χ4v) is 2.84. The van der Waals surface area contributed by atoms with Crippen LogP contribution in [-0.4, -0.2) is 37.4 Å². The first-order valence-electron chi connectivity index (χ1n) is 7.47. The highest BCUT2D eigenvalue weighted by Gasteiger charge is 2.33. The van der Waals surface area contributed by atoms with Crippen molar-refractivity contribution in [1.82, 2.24) is 10.2 Å². The normalized spacial score (nSPS) is 17.0. The number of halogens is 5. The summed E-state index contributed by atoms with van der Waals surface area (Å²) in [6.45, 7) is 2.98. The first-order valence-corrected chi connectivity index (χ1v) is 7.47. The number of furan rings is 1. The maximum atomic E-state index is 14.1. The molecule has 0 radical (unpaired) electrons. The summed E-state index contributed by atoms with van der Waals surface area (Å²) in [5.74, 6) is -1.29. The van der Waals surface area contributed by atoms with E-state index in [0.29, 0.717) is 24.4 Å². The number of ether oxygens (including phenoxy) is 1. The Morgan fingerprint density at radius 1 is 1.16 bits per heavy atom. The molecule has 9 heteroatoms. The molecular formula is C16H17ClF4N2O2. The van der Waals surface area contributed by atoms with Gasteiger partial charge in [0.05, 0.1) is 12.3 Å². The summed E-state index contributed by atoms with van der Waals surface area (Å²) < 4.78 is 60.0.